The smallest absolute Gasteiger partial charge is 0.324 e. The zero-order chi connectivity index (χ0) is 15.4. The maximum atomic E-state index is 12.0. The van der Waals surface area contributed by atoms with E-state index in [2.05, 4.69) is 0 Å². The van der Waals surface area contributed by atoms with Crippen LogP contribution in [0.4, 0.5) is 13.2 Å². The van der Waals surface area contributed by atoms with Crippen LogP contribution in [0.2, 0.25) is 0 Å². The first-order valence-corrected chi connectivity index (χ1v) is 7.56. The molecule has 1 rings (SSSR count). The largest absolute Gasteiger partial charge is 0.390 e. The Hall–Kier alpha value is -1.12. The fraction of sp³-hybridized carbons (Fsp3) is 0.500. The van der Waals surface area contributed by atoms with Crippen LogP contribution in [-0.2, 0) is 10.0 Å². The number of hydrogen-bond donors (Lipinski definition) is 2. The molecule has 0 aliphatic carbocycles. The van der Waals surface area contributed by atoms with Gasteiger partial charge in [0.2, 0.25) is 10.0 Å². The van der Waals surface area contributed by atoms with Crippen LogP contribution < -0.4 is 10.5 Å². The maximum Gasteiger partial charge on any atom is 0.390 e. The summed E-state index contributed by atoms with van der Waals surface area (Å²) in [6, 6.07) is 5.60. The molecule has 114 valence electrons. The number of sulfonamides is 1. The van der Waals surface area contributed by atoms with Crippen molar-refractivity contribution in [2.75, 3.05) is 6.54 Å². The van der Waals surface area contributed by atoms with E-state index in [1.807, 2.05) is 11.6 Å². The van der Waals surface area contributed by atoms with E-state index in [1.165, 1.54) is 18.2 Å². The molecule has 0 amide bonds. The molecule has 0 bridgehead atoms. The third-order valence-corrected chi connectivity index (χ3v) is 4.20. The molecular weight excluding hydrogens is 293 g/mol. The van der Waals surface area contributed by atoms with Gasteiger partial charge in [-0.1, -0.05) is 19.1 Å². The average Bonchev–Trinajstić information content (AvgIpc) is 2.36. The highest BCUT2D eigenvalue weighted by molar-refractivity contribution is 7.89. The van der Waals surface area contributed by atoms with Gasteiger partial charge < -0.3 is 5.73 Å². The van der Waals surface area contributed by atoms with Crippen LogP contribution in [0.5, 0.6) is 0 Å². The van der Waals surface area contributed by atoms with Crippen molar-refractivity contribution in [2.45, 2.75) is 36.9 Å². The van der Waals surface area contributed by atoms with Crippen LogP contribution in [0.3, 0.4) is 0 Å². The van der Waals surface area contributed by atoms with Gasteiger partial charge in [-0.2, -0.15) is 13.2 Å². The summed E-state index contributed by atoms with van der Waals surface area (Å²) in [5.74, 6) is 0. The van der Waals surface area contributed by atoms with E-state index in [4.69, 9.17) is 5.73 Å². The van der Waals surface area contributed by atoms with E-state index in [-0.39, 0.29) is 10.9 Å². The first-order chi connectivity index (χ1) is 9.15. The first kappa shape index (κ1) is 16.9. The molecule has 1 aromatic carbocycles. The zero-order valence-electron chi connectivity index (χ0n) is 10.9. The van der Waals surface area contributed by atoms with E-state index < -0.39 is 29.2 Å². The molecule has 1 atom stereocenters. The summed E-state index contributed by atoms with van der Waals surface area (Å²) < 4.78 is 61.6. The van der Waals surface area contributed by atoms with Crippen molar-refractivity contribution in [3.05, 3.63) is 29.8 Å². The van der Waals surface area contributed by atoms with Gasteiger partial charge in [0.25, 0.3) is 0 Å². The van der Waals surface area contributed by atoms with Crippen molar-refractivity contribution < 1.29 is 21.6 Å². The lowest BCUT2D eigenvalue weighted by atomic mass is 10.1. The molecule has 0 aromatic heterocycles. The van der Waals surface area contributed by atoms with Crippen LogP contribution in [0.15, 0.2) is 29.2 Å². The Labute approximate surface area is 116 Å². The second kappa shape index (κ2) is 6.55. The molecule has 1 unspecified atom stereocenters. The number of hydrogen-bond acceptors (Lipinski definition) is 3. The Kier molecular flexibility index (Phi) is 5.55. The lowest BCUT2D eigenvalue weighted by Gasteiger charge is -2.12. The summed E-state index contributed by atoms with van der Waals surface area (Å²) in [5, 5.41) is 0. The Morgan fingerprint density at radius 2 is 2.00 bits per heavy atom. The lowest BCUT2D eigenvalue weighted by Crippen LogP contribution is -2.28. The predicted octanol–water partition coefficient (Wildman–Crippen LogP) is 2.33. The monoisotopic (exact) mass is 310 g/mol. The third-order valence-electron chi connectivity index (χ3n) is 2.74. The Bertz CT molecular complexity index is 544. The predicted molar refractivity (Wildman–Crippen MR) is 69.5 cm³/mol. The Morgan fingerprint density at radius 1 is 1.35 bits per heavy atom. The second-order valence-electron chi connectivity index (χ2n) is 4.35. The number of rotatable bonds is 6. The van der Waals surface area contributed by atoms with E-state index in [0.717, 1.165) is 0 Å². The topological polar surface area (TPSA) is 72.2 Å². The summed E-state index contributed by atoms with van der Waals surface area (Å²) in [4.78, 5) is -0.0823. The van der Waals surface area contributed by atoms with Crippen LogP contribution in [0, 0.1) is 0 Å². The van der Waals surface area contributed by atoms with Gasteiger partial charge in [0.1, 0.15) is 0 Å². The van der Waals surface area contributed by atoms with Gasteiger partial charge in [-0.05, 0) is 24.1 Å². The van der Waals surface area contributed by atoms with Crippen LogP contribution in [0.1, 0.15) is 31.4 Å². The summed E-state index contributed by atoms with van der Waals surface area (Å²) >= 11 is 0. The minimum absolute atomic E-state index is 0.0823. The number of nitrogens with one attached hydrogen (secondary N) is 1. The van der Waals surface area contributed by atoms with E-state index >= 15 is 0 Å². The number of halogens is 3. The standard InChI is InChI=1S/C12H17F3N2O2S/c1-2-11(16)9-4-3-5-10(8-9)20(18,19)17-7-6-12(13,14)15/h3-5,8,11,17H,2,6-7,16H2,1H3. The van der Waals surface area contributed by atoms with Gasteiger partial charge >= 0.3 is 6.18 Å². The van der Waals surface area contributed by atoms with Crippen molar-refractivity contribution in [3.8, 4) is 0 Å². The van der Waals surface area contributed by atoms with Crippen molar-refractivity contribution in [1.82, 2.24) is 4.72 Å². The van der Waals surface area contributed by atoms with Gasteiger partial charge in [-0.15, -0.1) is 0 Å². The number of nitrogens with two attached hydrogens (primary N) is 1. The molecule has 0 fully saturated rings. The molecule has 0 aliphatic heterocycles. The van der Waals surface area contributed by atoms with E-state index in [0.29, 0.717) is 12.0 Å². The van der Waals surface area contributed by atoms with Crippen molar-refractivity contribution in [3.63, 3.8) is 0 Å². The van der Waals surface area contributed by atoms with Crippen molar-refractivity contribution in [2.24, 2.45) is 5.73 Å². The van der Waals surface area contributed by atoms with Gasteiger partial charge in [0, 0.05) is 12.6 Å². The molecule has 1 aromatic rings. The molecule has 4 nitrogen and oxygen atoms in total. The highest BCUT2D eigenvalue weighted by atomic mass is 32.2. The zero-order valence-corrected chi connectivity index (χ0v) is 11.8. The minimum atomic E-state index is -4.39. The summed E-state index contributed by atoms with van der Waals surface area (Å²) in [6.07, 6.45) is -4.97. The fourth-order valence-electron chi connectivity index (χ4n) is 1.56. The third kappa shape index (κ3) is 5.10. The van der Waals surface area contributed by atoms with E-state index in [1.54, 1.807) is 6.07 Å². The fourth-order valence-corrected chi connectivity index (χ4v) is 2.64. The van der Waals surface area contributed by atoms with Gasteiger partial charge in [-0.25, -0.2) is 13.1 Å². The van der Waals surface area contributed by atoms with Crippen LogP contribution in [-0.4, -0.2) is 21.1 Å². The minimum Gasteiger partial charge on any atom is -0.324 e. The average molecular weight is 310 g/mol. The van der Waals surface area contributed by atoms with Crippen molar-refractivity contribution in [1.29, 1.82) is 0 Å². The molecular formula is C12H17F3N2O2S. The van der Waals surface area contributed by atoms with Gasteiger partial charge in [0.05, 0.1) is 11.3 Å². The van der Waals surface area contributed by atoms with Crippen molar-refractivity contribution >= 4 is 10.0 Å². The van der Waals surface area contributed by atoms with Gasteiger partial charge in [0.15, 0.2) is 0 Å². The molecule has 0 aliphatic rings. The second-order valence-corrected chi connectivity index (χ2v) is 6.12. The normalized spacial score (nSPS) is 14.2. The summed E-state index contributed by atoms with van der Waals surface area (Å²) in [6.45, 7) is 1.17. The molecule has 8 heteroatoms. The molecule has 0 heterocycles. The SMILES string of the molecule is CCC(N)c1cccc(S(=O)(=O)NCCC(F)(F)F)c1. The molecule has 0 spiro atoms. The molecule has 0 saturated heterocycles. The Morgan fingerprint density at radius 3 is 2.55 bits per heavy atom. The molecule has 0 saturated carbocycles. The summed E-state index contributed by atoms with van der Waals surface area (Å²) in [5.41, 5.74) is 6.43. The molecule has 20 heavy (non-hydrogen) atoms. The highest BCUT2D eigenvalue weighted by Gasteiger charge is 2.27. The lowest BCUT2D eigenvalue weighted by molar-refractivity contribution is -0.132. The number of benzene rings is 1. The summed E-state index contributed by atoms with van der Waals surface area (Å²) in [7, 11) is -3.95. The number of alkyl halides is 3. The van der Waals surface area contributed by atoms with Crippen LogP contribution in [0.25, 0.3) is 0 Å². The molecule has 0 radical (unpaired) electrons. The highest BCUT2D eigenvalue weighted by Crippen LogP contribution is 2.20. The first-order valence-electron chi connectivity index (χ1n) is 6.07. The van der Waals surface area contributed by atoms with E-state index in [9.17, 15) is 21.6 Å². The van der Waals surface area contributed by atoms with Crippen LogP contribution >= 0.6 is 0 Å². The quantitative estimate of drug-likeness (QED) is 0.847. The molecule has 3 N–H and O–H groups in total. The maximum absolute atomic E-state index is 12.0. The Balaban J connectivity index is 2.82. The van der Waals surface area contributed by atoms with Gasteiger partial charge in [-0.3, -0.25) is 0 Å².